The Kier molecular flexibility index (Phi) is 7.78. The maximum absolute atomic E-state index is 12.9. The first-order valence-corrected chi connectivity index (χ1v) is 13.3. The van der Waals surface area contributed by atoms with Gasteiger partial charge in [0.2, 0.25) is 5.95 Å². The number of piperidine rings is 1. The number of benzene rings is 2. The highest BCUT2D eigenvalue weighted by Gasteiger charge is 2.36. The van der Waals surface area contributed by atoms with E-state index in [2.05, 4.69) is 32.1 Å². The van der Waals surface area contributed by atoms with Crippen LogP contribution in [0.4, 0.5) is 17.3 Å². The fourth-order valence-corrected chi connectivity index (χ4v) is 5.19. The lowest BCUT2D eigenvalue weighted by atomic mass is 9.83. The van der Waals surface area contributed by atoms with Crippen molar-refractivity contribution in [2.45, 2.75) is 31.3 Å². The van der Waals surface area contributed by atoms with Gasteiger partial charge in [0.15, 0.2) is 0 Å². The fourth-order valence-electron chi connectivity index (χ4n) is 4.94. The molecule has 2 aliphatic heterocycles. The minimum atomic E-state index is -0.515. The van der Waals surface area contributed by atoms with E-state index in [0.717, 1.165) is 11.3 Å². The predicted molar refractivity (Wildman–Crippen MR) is 151 cm³/mol. The van der Waals surface area contributed by atoms with E-state index >= 15 is 0 Å². The number of aromatic nitrogens is 2. The van der Waals surface area contributed by atoms with E-state index in [1.165, 1.54) is 7.11 Å². The van der Waals surface area contributed by atoms with Gasteiger partial charge in [-0.1, -0.05) is 18.5 Å². The quantitative estimate of drug-likeness (QED) is 0.289. The second-order valence-electron chi connectivity index (χ2n) is 10.2. The van der Waals surface area contributed by atoms with Gasteiger partial charge in [0, 0.05) is 36.8 Å². The summed E-state index contributed by atoms with van der Waals surface area (Å²) in [6.45, 7) is 3.51. The molecule has 208 valence electrons. The number of hydrogen-bond donors (Lipinski definition) is 5. The molecule has 11 nitrogen and oxygen atoms in total. The summed E-state index contributed by atoms with van der Waals surface area (Å²) in [7, 11) is 1.49. The standard InChI is InChI=1S/C28H30ClN7O4/c1-28(15-37)14-32-25-17(13-30)9-16(10-20(25)28)22-3-6-31-27(33-22)34-23-12-21(29)19(11-24(23)40-2)26(39)35-36-7-4-18(38)5-8-36/h3,6,9-12,18,32,37-38H,4-5,7-8,14-15H2,1-2H3,(H,35,39)(H,31,33,34). The van der Waals surface area contributed by atoms with Crippen LogP contribution in [0.3, 0.4) is 0 Å². The van der Waals surface area contributed by atoms with Crippen molar-refractivity contribution in [2.75, 3.05) is 44.0 Å². The number of nitrogens with zero attached hydrogens (tertiary/aromatic N) is 4. The zero-order valence-electron chi connectivity index (χ0n) is 22.2. The third-order valence-electron chi connectivity index (χ3n) is 7.37. The van der Waals surface area contributed by atoms with Crippen LogP contribution >= 0.6 is 11.6 Å². The van der Waals surface area contributed by atoms with Gasteiger partial charge < -0.3 is 25.6 Å². The lowest BCUT2D eigenvalue weighted by Gasteiger charge is -2.29. The Balaban J connectivity index is 1.40. The van der Waals surface area contributed by atoms with Crippen molar-refractivity contribution in [3.63, 3.8) is 0 Å². The van der Waals surface area contributed by atoms with Crippen LogP contribution in [0, 0.1) is 11.3 Å². The molecule has 1 aromatic heterocycles. The molecule has 40 heavy (non-hydrogen) atoms. The van der Waals surface area contributed by atoms with Gasteiger partial charge in [-0.25, -0.2) is 15.0 Å². The number of ether oxygens (including phenoxy) is 1. The normalized spacial score (nSPS) is 18.9. The number of halogens is 1. The van der Waals surface area contributed by atoms with E-state index < -0.39 is 5.41 Å². The van der Waals surface area contributed by atoms with Crippen LogP contribution in [-0.4, -0.2) is 70.6 Å². The SMILES string of the molecule is COc1cc(C(=O)NN2CCC(O)CC2)c(Cl)cc1Nc1nccc(-c2cc(C#N)c3c(c2)C(C)(CO)CN3)n1. The predicted octanol–water partition coefficient (Wildman–Crippen LogP) is 3.20. The molecular weight excluding hydrogens is 534 g/mol. The minimum absolute atomic E-state index is 0.0619. The lowest BCUT2D eigenvalue weighted by molar-refractivity contribution is 0.0467. The first-order chi connectivity index (χ1) is 19.2. The number of methoxy groups -OCH3 is 1. The van der Waals surface area contributed by atoms with Crippen LogP contribution in [-0.2, 0) is 5.41 Å². The molecule has 2 aromatic carbocycles. The number of anilines is 3. The summed E-state index contributed by atoms with van der Waals surface area (Å²) < 4.78 is 5.53. The number of rotatable bonds is 7. The van der Waals surface area contributed by atoms with Gasteiger partial charge in [0.25, 0.3) is 5.91 Å². The molecule has 1 atom stereocenters. The van der Waals surface area contributed by atoms with E-state index in [4.69, 9.17) is 16.3 Å². The summed E-state index contributed by atoms with van der Waals surface area (Å²) in [5, 5.41) is 37.8. The number of nitrogens with one attached hydrogen (secondary N) is 3. The van der Waals surface area contributed by atoms with Crippen molar-refractivity contribution in [3.05, 3.63) is 58.2 Å². The Labute approximate surface area is 236 Å². The van der Waals surface area contributed by atoms with Gasteiger partial charge in [0.05, 0.1) is 53.0 Å². The number of aliphatic hydroxyl groups is 2. The largest absolute Gasteiger partial charge is 0.495 e. The first-order valence-electron chi connectivity index (χ1n) is 12.9. The first kappa shape index (κ1) is 27.6. The molecule has 1 fully saturated rings. The van der Waals surface area contributed by atoms with E-state index in [1.807, 2.05) is 13.0 Å². The minimum Gasteiger partial charge on any atom is -0.495 e. The highest BCUT2D eigenvalue weighted by Crippen LogP contribution is 2.41. The number of carbonyl (C=O) groups is 1. The number of nitriles is 1. The molecule has 0 radical (unpaired) electrons. The zero-order chi connectivity index (χ0) is 28.4. The zero-order valence-corrected chi connectivity index (χ0v) is 22.9. The van der Waals surface area contributed by atoms with Gasteiger partial charge >= 0.3 is 0 Å². The van der Waals surface area contributed by atoms with Crippen LogP contribution in [0.25, 0.3) is 11.3 Å². The summed E-state index contributed by atoms with van der Waals surface area (Å²) in [5.41, 5.74) is 6.39. The van der Waals surface area contributed by atoms with Crippen molar-refractivity contribution in [2.24, 2.45) is 0 Å². The summed E-state index contributed by atoms with van der Waals surface area (Å²) in [5.74, 6) is 0.253. The molecule has 0 aliphatic carbocycles. The second-order valence-corrected chi connectivity index (χ2v) is 10.6. The Morgan fingerprint density at radius 3 is 2.80 bits per heavy atom. The topological polar surface area (TPSA) is 156 Å². The number of aliphatic hydroxyl groups excluding tert-OH is 2. The molecule has 0 saturated carbocycles. The number of hydrogen-bond acceptors (Lipinski definition) is 10. The van der Waals surface area contributed by atoms with Crippen LogP contribution in [0.5, 0.6) is 5.75 Å². The van der Waals surface area contributed by atoms with Crippen molar-refractivity contribution in [1.82, 2.24) is 20.4 Å². The van der Waals surface area contributed by atoms with Crippen LogP contribution in [0.2, 0.25) is 5.02 Å². The Hall–Kier alpha value is -3.95. The van der Waals surface area contributed by atoms with E-state index in [-0.39, 0.29) is 35.2 Å². The summed E-state index contributed by atoms with van der Waals surface area (Å²) in [4.78, 5) is 21.9. The molecule has 12 heteroatoms. The average Bonchev–Trinajstić information content (AvgIpc) is 3.31. The molecule has 3 heterocycles. The van der Waals surface area contributed by atoms with Crippen molar-refractivity contribution in [1.29, 1.82) is 5.26 Å². The Bertz CT molecular complexity index is 1490. The van der Waals surface area contributed by atoms with Gasteiger partial charge in [-0.05, 0) is 48.7 Å². The molecular formula is C28H30ClN7O4. The van der Waals surface area contributed by atoms with E-state index in [9.17, 15) is 20.3 Å². The van der Waals surface area contributed by atoms with Crippen molar-refractivity contribution < 1.29 is 19.7 Å². The highest BCUT2D eigenvalue weighted by molar-refractivity contribution is 6.34. The number of hydrazine groups is 1. The van der Waals surface area contributed by atoms with E-state index in [0.29, 0.717) is 60.7 Å². The molecule has 3 aromatic rings. The summed E-state index contributed by atoms with van der Waals surface area (Å²) in [6.07, 6.45) is 2.41. The van der Waals surface area contributed by atoms with Crippen molar-refractivity contribution in [3.8, 4) is 23.1 Å². The maximum Gasteiger partial charge on any atom is 0.267 e. The number of carbonyl (C=O) groups excluding carboxylic acids is 1. The lowest BCUT2D eigenvalue weighted by Crippen LogP contribution is -2.47. The summed E-state index contributed by atoms with van der Waals surface area (Å²) >= 11 is 6.50. The average molecular weight is 564 g/mol. The fraction of sp³-hybridized carbons (Fsp3) is 0.357. The molecule has 1 amide bonds. The molecule has 5 N–H and O–H groups in total. The van der Waals surface area contributed by atoms with Gasteiger partial charge in [-0.15, -0.1) is 0 Å². The molecule has 1 unspecified atom stereocenters. The molecule has 0 spiro atoms. The summed E-state index contributed by atoms with van der Waals surface area (Å²) in [6, 6.07) is 10.8. The molecule has 5 rings (SSSR count). The van der Waals surface area contributed by atoms with Crippen LogP contribution in [0.15, 0.2) is 36.5 Å². The third-order valence-corrected chi connectivity index (χ3v) is 7.68. The third kappa shape index (κ3) is 5.39. The Morgan fingerprint density at radius 2 is 2.10 bits per heavy atom. The molecule has 0 bridgehead atoms. The highest BCUT2D eigenvalue weighted by atomic mass is 35.5. The van der Waals surface area contributed by atoms with Gasteiger partial charge in [-0.3, -0.25) is 10.2 Å². The Morgan fingerprint density at radius 1 is 1.32 bits per heavy atom. The van der Waals surface area contributed by atoms with E-state index in [1.54, 1.807) is 35.5 Å². The maximum atomic E-state index is 12.9. The van der Waals surface area contributed by atoms with Gasteiger partial charge in [0.1, 0.15) is 11.8 Å². The van der Waals surface area contributed by atoms with Crippen molar-refractivity contribution >= 4 is 34.8 Å². The second kappa shape index (κ2) is 11.3. The monoisotopic (exact) mass is 563 g/mol. The van der Waals surface area contributed by atoms with Gasteiger partial charge in [-0.2, -0.15) is 5.26 Å². The van der Waals surface area contributed by atoms with Crippen LogP contribution in [0.1, 0.15) is 41.3 Å². The smallest absolute Gasteiger partial charge is 0.267 e. The number of fused-ring (bicyclic) bond motifs is 1. The number of amides is 1. The molecule has 1 saturated heterocycles. The molecule has 2 aliphatic rings. The van der Waals surface area contributed by atoms with Crippen LogP contribution < -0.4 is 20.8 Å².